The van der Waals surface area contributed by atoms with Crippen LogP contribution in [0.2, 0.25) is 10.0 Å². The molecule has 0 aliphatic heterocycles. The summed E-state index contributed by atoms with van der Waals surface area (Å²) in [5.74, 6) is 0.517. The molecule has 2 aromatic carbocycles. The van der Waals surface area contributed by atoms with Gasteiger partial charge in [0.25, 0.3) is 0 Å². The summed E-state index contributed by atoms with van der Waals surface area (Å²) in [5.41, 5.74) is 0.723. The van der Waals surface area contributed by atoms with Gasteiger partial charge in [-0.05, 0) is 63.0 Å². The largest absolute Gasteiger partial charge is 0.304 e. The van der Waals surface area contributed by atoms with Gasteiger partial charge in [-0.25, -0.2) is 0 Å². The molecular formula is C26H32Cl2N2O2. The Morgan fingerprint density at radius 3 is 1.34 bits per heavy atom. The van der Waals surface area contributed by atoms with E-state index in [9.17, 15) is 9.59 Å². The van der Waals surface area contributed by atoms with Crippen LogP contribution in [0, 0.1) is 0 Å². The molecule has 0 amide bonds. The van der Waals surface area contributed by atoms with Crippen LogP contribution in [0.5, 0.6) is 0 Å². The minimum absolute atomic E-state index is 0.259. The highest BCUT2D eigenvalue weighted by Gasteiger charge is 2.42. The van der Waals surface area contributed by atoms with Crippen molar-refractivity contribution in [3.8, 4) is 0 Å². The molecule has 0 unspecified atom stereocenters. The molecule has 0 aromatic heterocycles. The topological polar surface area (TPSA) is 58.2 Å². The van der Waals surface area contributed by atoms with Gasteiger partial charge in [0.2, 0.25) is 0 Å². The van der Waals surface area contributed by atoms with Gasteiger partial charge in [0.1, 0.15) is 11.1 Å². The first kappa shape index (κ1) is 24.9. The van der Waals surface area contributed by atoms with Gasteiger partial charge in [0.15, 0.2) is 11.6 Å². The Morgan fingerprint density at radius 2 is 1.03 bits per heavy atom. The number of carbonyl (C=O) groups is 2. The number of halogens is 2. The molecule has 0 bridgehead atoms. The van der Waals surface area contributed by atoms with Gasteiger partial charge in [-0.3, -0.25) is 9.59 Å². The summed E-state index contributed by atoms with van der Waals surface area (Å²) >= 11 is 12.4. The van der Waals surface area contributed by atoms with Gasteiger partial charge in [-0.1, -0.05) is 72.4 Å². The van der Waals surface area contributed by atoms with Gasteiger partial charge >= 0.3 is 0 Å². The zero-order valence-electron chi connectivity index (χ0n) is 18.8. The first-order valence-corrected chi connectivity index (χ1v) is 12.1. The third-order valence-corrected chi connectivity index (χ3v) is 7.54. The summed E-state index contributed by atoms with van der Waals surface area (Å²) in [7, 11) is 3.68. The molecule has 6 heteroatoms. The van der Waals surface area contributed by atoms with E-state index in [-0.39, 0.29) is 11.6 Å². The Kier molecular flexibility index (Phi) is 8.51. The molecule has 32 heavy (non-hydrogen) atoms. The number of nitrogens with one attached hydrogen (secondary N) is 2. The molecule has 0 spiro atoms. The third-order valence-electron chi connectivity index (χ3n) is 6.88. The van der Waals surface area contributed by atoms with Crippen LogP contribution in [0.1, 0.15) is 62.5 Å². The lowest BCUT2D eigenvalue weighted by Crippen LogP contribution is -2.49. The highest BCUT2D eigenvalue weighted by atomic mass is 35.5. The lowest BCUT2D eigenvalue weighted by atomic mass is 9.75. The predicted octanol–water partition coefficient (Wildman–Crippen LogP) is 5.80. The lowest BCUT2D eigenvalue weighted by molar-refractivity contribution is -0.128. The molecular weight excluding hydrogens is 443 g/mol. The predicted molar refractivity (Wildman–Crippen MR) is 131 cm³/mol. The molecule has 2 aromatic rings. The maximum atomic E-state index is 12.2. The van der Waals surface area contributed by atoms with E-state index in [1.165, 1.54) is 0 Å². The SMILES string of the molecule is CN[C@@]1(c2ccccc2Cl)CCCCC1=O.CN[C@]1(c2ccccc2Cl)CCCCC1=O. The van der Waals surface area contributed by atoms with Crippen LogP contribution in [-0.2, 0) is 20.7 Å². The highest BCUT2D eigenvalue weighted by molar-refractivity contribution is 6.32. The minimum Gasteiger partial charge on any atom is -0.304 e. The normalized spacial score (nSPS) is 25.8. The molecule has 0 radical (unpaired) electrons. The zero-order chi connectivity index (χ0) is 23.2. The number of hydrogen-bond donors (Lipinski definition) is 2. The number of carbonyl (C=O) groups excluding carboxylic acids is 2. The van der Waals surface area contributed by atoms with E-state index in [1.54, 1.807) is 0 Å². The number of ketones is 2. The van der Waals surface area contributed by atoms with Crippen molar-refractivity contribution >= 4 is 34.8 Å². The second-order valence-electron chi connectivity index (χ2n) is 8.53. The van der Waals surface area contributed by atoms with E-state index in [1.807, 2.05) is 62.6 Å². The lowest BCUT2D eigenvalue weighted by Gasteiger charge is -2.36. The second kappa shape index (κ2) is 10.9. The van der Waals surface area contributed by atoms with Crippen LogP contribution in [0.15, 0.2) is 48.5 Å². The number of rotatable bonds is 4. The van der Waals surface area contributed by atoms with Crippen LogP contribution >= 0.6 is 23.2 Å². The van der Waals surface area contributed by atoms with Gasteiger partial charge in [0, 0.05) is 22.9 Å². The van der Waals surface area contributed by atoms with Crippen molar-refractivity contribution in [3.05, 3.63) is 69.7 Å². The smallest absolute Gasteiger partial charge is 0.157 e. The average molecular weight is 475 g/mol. The quantitative estimate of drug-likeness (QED) is 0.587. The molecule has 0 heterocycles. The summed E-state index contributed by atoms with van der Waals surface area (Å²) < 4.78 is 0. The van der Waals surface area contributed by atoms with Crippen molar-refractivity contribution in [3.63, 3.8) is 0 Å². The van der Waals surface area contributed by atoms with E-state index in [0.29, 0.717) is 22.9 Å². The van der Waals surface area contributed by atoms with Crippen LogP contribution in [0.25, 0.3) is 0 Å². The van der Waals surface area contributed by atoms with Crippen LogP contribution < -0.4 is 10.6 Å². The summed E-state index contributed by atoms with van der Waals surface area (Å²) in [6.45, 7) is 0. The Bertz CT molecular complexity index is 887. The zero-order valence-corrected chi connectivity index (χ0v) is 20.4. The van der Waals surface area contributed by atoms with Crippen molar-refractivity contribution in [2.75, 3.05) is 14.1 Å². The molecule has 0 saturated heterocycles. The first-order chi connectivity index (χ1) is 15.4. The first-order valence-electron chi connectivity index (χ1n) is 11.4. The molecule has 2 N–H and O–H groups in total. The maximum Gasteiger partial charge on any atom is 0.157 e. The van der Waals surface area contributed by atoms with Gasteiger partial charge in [-0.15, -0.1) is 0 Å². The molecule has 4 rings (SSSR count). The van der Waals surface area contributed by atoms with E-state index < -0.39 is 11.1 Å². The fourth-order valence-corrected chi connectivity index (χ4v) is 5.63. The Labute approximate surface area is 201 Å². The second-order valence-corrected chi connectivity index (χ2v) is 9.35. The molecule has 2 aliphatic rings. The van der Waals surface area contributed by atoms with Gasteiger partial charge < -0.3 is 10.6 Å². The molecule has 2 saturated carbocycles. The summed E-state index contributed by atoms with van der Waals surface area (Å²) in [5, 5.41) is 7.73. The Hall–Kier alpha value is -1.72. The number of Topliss-reactive ketones (excluding diaryl/α,β-unsaturated/α-hetero) is 2. The standard InChI is InChI=1S/2C13H16ClNO/c2*1-15-13(9-5-4-8-12(13)16)10-6-2-3-7-11(10)14/h2*2-3,6-7,15H,4-5,8-9H2,1H3/t2*13-/m10/s1. The Balaban J connectivity index is 0.000000181. The summed E-state index contributed by atoms with van der Waals surface area (Å²) in [6, 6.07) is 15.2. The van der Waals surface area contributed by atoms with Crippen molar-refractivity contribution in [2.45, 2.75) is 62.4 Å². The van der Waals surface area contributed by atoms with Crippen molar-refractivity contribution in [1.29, 1.82) is 0 Å². The molecule has 2 fully saturated rings. The van der Waals surface area contributed by atoms with E-state index >= 15 is 0 Å². The van der Waals surface area contributed by atoms with Gasteiger partial charge in [0.05, 0.1) is 0 Å². The third kappa shape index (κ3) is 4.79. The van der Waals surface area contributed by atoms with Crippen LogP contribution in [0.4, 0.5) is 0 Å². The number of benzene rings is 2. The van der Waals surface area contributed by atoms with Crippen molar-refractivity contribution in [1.82, 2.24) is 10.6 Å². The Morgan fingerprint density at radius 1 is 0.656 bits per heavy atom. The molecule has 2 atom stereocenters. The molecule has 172 valence electrons. The van der Waals surface area contributed by atoms with Crippen LogP contribution in [-0.4, -0.2) is 25.7 Å². The fourth-order valence-electron chi connectivity index (χ4n) is 5.04. The fraction of sp³-hybridized carbons (Fsp3) is 0.462. The number of likely N-dealkylation sites (N-methyl/N-ethyl adjacent to an activating group) is 2. The summed E-state index contributed by atoms with van der Waals surface area (Å²) in [4.78, 5) is 24.4. The highest BCUT2D eigenvalue weighted by Crippen LogP contribution is 2.38. The monoisotopic (exact) mass is 474 g/mol. The van der Waals surface area contributed by atoms with E-state index in [2.05, 4.69) is 10.6 Å². The van der Waals surface area contributed by atoms with E-state index in [4.69, 9.17) is 23.2 Å². The van der Waals surface area contributed by atoms with Crippen LogP contribution in [0.3, 0.4) is 0 Å². The summed E-state index contributed by atoms with van der Waals surface area (Å²) in [6.07, 6.45) is 7.09. The van der Waals surface area contributed by atoms with Crippen molar-refractivity contribution in [2.24, 2.45) is 0 Å². The molecule has 4 nitrogen and oxygen atoms in total. The molecule has 2 aliphatic carbocycles. The van der Waals surface area contributed by atoms with Crippen molar-refractivity contribution < 1.29 is 9.59 Å². The average Bonchev–Trinajstić information content (AvgIpc) is 2.82. The van der Waals surface area contributed by atoms with Gasteiger partial charge in [-0.2, -0.15) is 0 Å². The minimum atomic E-state index is -0.559. The maximum absolute atomic E-state index is 12.2. The van der Waals surface area contributed by atoms with E-state index in [0.717, 1.165) is 49.7 Å². The number of hydrogen-bond acceptors (Lipinski definition) is 4.